The number of hydrogen-bond donors (Lipinski definition) is 2. The number of methoxy groups -OCH3 is 1. The Morgan fingerprint density at radius 3 is 2.55 bits per heavy atom. The van der Waals surface area contributed by atoms with Crippen molar-refractivity contribution in [3.63, 3.8) is 0 Å². The zero-order chi connectivity index (χ0) is 21.2. The fourth-order valence-electron chi connectivity index (χ4n) is 4.73. The normalized spacial score (nSPS) is 18.4. The van der Waals surface area contributed by atoms with Crippen LogP contribution in [0.3, 0.4) is 0 Å². The number of amides is 1. The number of benzene rings is 1. The first kappa shape index (κ1) is 25.9. The molecule has 0 spiro atoms. The first-order valence-electron chi connectivity index (χ1n) is 11.5. The molecule has 1 aromatic rings. The molecule has 1 aliphatic heterocycles. The van der Waals surface area contributed by atoms with Crippen molar-refractivity contribution in [3.05, 3.63) is 35.4 Å². The van der Waals surface area contributed by atoms with Gasteiger partial charge in [-0.2, -0.15) is 0 Å². The van der Waals surface area contributed by atoms with Gasteiger partial charge in [-0.1, -0.05) is 25.0 Å². The fraction of sp³-hybridized carbons (Fsp3) is 0.667. The van der Waals surface area contributed by atoms with Gasteiger partial charge < -0.3 is 20.3 Å². The van der Waals surface area contributed by atoms with Gasteiger partial charge in [0, 0.05) is 52.5 Å². The second-order valence-corrected chi connectivity index (χ2v) is 8.78. The molecule has 2 fully saturated rings. The van der Waals surface area contributed by atoms with Crippen molar-refractivity contribution in [3.8, 4) is 0 Å². The largest absolute Gasteiger partial charge is 0.385 e. The van der Waals surface area contributed by atoms with Gasteiger partial charge >= 0.3 is 0 Å². The second kappa shape index (κ2) is 13.3. The van der Waals surface area contributed by atoms with Gasteiger partial charge in [0.05, 0.1) is 0 Å². The van der Waals surface area contributed by atoms with Gasteiger partial charge in [0.15, 0.2) is 5.96 Å². The first-order chi connectivity index (χ1) is 14.7. The minimum Gasteiger partial charge on any atom is -0.385 e. The predicted octanol–water partition coefficient (Wildman–Crippen LogP) is 4.19. The van der Waals surface area contributed by atoms with E-state index in [4.69, 9.17) is 4.74 Å². The van der Waals surface area contributed by atoms with E-state index in [9.17, 15) is 4.79 Å². The van der Waals surface area contributed by atoms with E-state index < -0.39 is 0 Å². The van der Waals surface area contributed by atoms with Gasteiger partial charge in [-0.3, -0.25) is 9.79 Å². The highest BCUT2D eigenvalue weighted by atomic mass is 127. The minimum absolute atomic E-state index is 0. The van der Waals surface area contributed by atoms with Crippen molar-refractivity contribution < 1.29 is 9.53 Å². The predicted molar refractivity (Wildman–Crippen MR) is 137 cm³/mol. The molecule has 0 unspecified atom stereocenters. The number of rotatable bonds is 8. The number of hydrogen-bond acceptors (Lipinski definition) is 3. The van der Waals surface area contributed by atoms with Crippen LogP contribution in [0, 0.1) is 5.41 Å². The summed E-state index contributed by atoms with van der Waals surface area (Å²) >= 11 is 0. The quantitative estimate of drug-likeness (QED) is 0.294. The van der Waals surface area contributed by atoms with Crippen molar-refractivity contribution in [2.45, 2.75) is 57.9 Å². The highest BCUT2D eigenvalue weighted by molar-refractivity contribution is 14.0. The molecule has 174 valence electrons. The highest BCUT2D eigenvalue weighted by Crippen LogP contribution is 2.40. The SMILES string of the molecule is CN=C(NCc1cccc(C(=O)N2CCCCC2)c1)NCC1(CCOC)CCCC1.I. The van der Waals surface area contributed by atoms with E-state index in [-0.39, 0.29) is 29.9 Å². The van der Waals surface area contributed by atoms with Crippen LogP contribution in [-0.4, -0.2) is 57.2 Å². The smallest absolute Gasteiger partial charge is 0.253 e. The van der Waals surface area contributed by atoms with Crippen LogP contribution < -0.4 is 10.6 Å². The maximum absolute atomic E-state index is 12.8. The van der Waals surface area contributed by atoms with Crippen LogP contribution in [0.25, 0.3) is 0 Å². The number of guanidine groups is 1. The fourth-order valence-corrected chi connectivity index (χ4v) is 4.73. The van der Waals surface area contributed by atoms with Crippen LogP contribution in [0.5, 0.6) is 0 Å². The van der Waals surface area contributed by atoms with E-state index in [2.05, 4.69) is 21.7 Å². The van der Waals surface area contributed by atoms with Crippen molar-refractivity contribution in [1.82, 2.24) is 15.5 Å². The zero-order valence-electron chi connectivity index (χ0n) is 19.1. The number of aliphatic imine (C=N–C) groups is 1. The Labute approximate surface area is 204 Å². The average molecular weight is 543 g/mol. The third-order valence-electron chi connectivity index (χ3n) is 6.63. The Morgan fingerprint density at radius 2 is 1.87 bits per heavy atom. The maximum atomic E-state index is 12.8. The Balaban J connectivity index is 0.00000341. The molecular formula is C24H39IN4O2. The van der Waals surface area contributed by atoms with Crippen LogP contribution in [-0.2, 0) is 11.3 Å². The number of carbonyl (C=O) groups is 1. The van der Waals surface area contributed by atoms with Gasteiger partial charge in [0.25, 0.3) is 5.91 Å². The molecule has 1 saturated carbocycles. The van der Waals surface area contributed by atoms with Gasteiger partial charge in [0.2, 0.25) is 0 Å². The molecule has 0 atom stereocenters. The molecule has 31 heavy (non-hydrogen) atoms. The molecule has 1 heterocycles. The molecule has 7 heteroatoms. The number of likely N-dealkylation sites (tertiary alicyclic amines) is 1. The Kier molecular flexibility index (Phi) is 11.1. The summed E-state index contributed by atoms with van der Waals surface area (Å²) in [6.07, 6.45) is 9.65. The van der Waals surface area contributed by atoms with Crippen LogP contribution >= 0.6 is 24.0 Å². The average Bonchev–Trinajstić information content (AvgIpc) is 3.27. The van der Waals surface area contributed by atoms with E-state index in [1.165, 1.54) is 32.1 Å². The molecule has 6 nitrogen and oxygen atoms in total. The number of halogens is 1. The monoisotopic (exact) mass is 542 g/mol. The van der Waals surface area contributed by atoms with Gasteiger partial charge in [-0.15, -0.1) is 24.0 Å². The molecule has 0 aromatic heterocycles. The Hall–Kier alpha value is -1.35. The van der Waals surface area contributed by atoms with E-state index >= 15 is 0 Å². The van der Waals surface area contributed by atoms with Crippen molar-refractivity contribution in [2.75, 3.05) is 40.4 Å². The molecular weight excluding hydrogens is 503 g/mol. The topological polar surface area (TPSA) is 66.0 Å². The summed E-state index contributed by atoms with van der Waals surface area (Å²) in [5, 5.41) is 6.94. The molecule has 1 amide bonds. The zero-order valence-corrected chi connectivity index (χ0v) is 21.5. The van der Waals surface area contributed by atoms with E-state index in [0.717, 1.165) is 62.6 Å². The standard InChI is InChI=1S/C24H38N4O2.HI/c1-25-23(27-19-24(13-16-30-2)11-4-5-12-24)26-18-20-9-8-10-21(17-20)22(29)28-14-6-3-7-15-28;/h8-10,17H,3-7,11-16,18-19H2,1-2H3,(H2,25,26,27);1H. The highest BCUT2D eigenvalue weighted by Gasteiger charge is 2.33. The van der Waals surface area contributed by atoms with Crippen LogP contribution in [0.1, 0.15) is 67.3 Å². The lowest BCUT2D eigenvalue weighted by Crippen LogP contribution is -2.43. The van der Waals surface area contributed by atoms with Crippen LogP contribution in [0.4, 0.5) is 0 Å². The second-order valence-electron chi connectivity index (χ2n) is 8.78. The third-order valence-corrected chi connectivity index (χ3v) is 6.63. The number of carbonyl (C=O) groups excluding carboxylic acids is 1. The van der Waals surface area contributed by atoms with Gasteiger partial charge in [-0.25, -0.2) is 0 Å². The van der Waals surface area contributed by atoms with E-state index in [1.807, 2.05) is 30.1 Å². The summed E-state index contributed by atoms with van der Waals surface area (Å²) in [6, 6.07) is 7.97. The lowest BCUT2D eigenvalue weighted by molar-refractivity contribution is 0.0724. The molecule has 0 radical (unpaired) electrons. The molecule has 0 bridgehead atoms. The summed E-state index contributed by atoms with van der Waals surface area (Å²) < 4.78 is 5.34. The summed E-state index contributed by atoms with van der Waals surface area (Å²) in [7, 11) is 3.59. The minimum atomic E-state index is 0. The Bertz CT molecular complexity index is 713. The van der Waals surface area contributed by atoms with Crippen molar-refractivity contribution in [2.24, 2.45) is 10.4 Å². The lowest BCUT2D eigenvalue weighted by atomic mass is 9.83. The molecule has 1 saturated heterocycles. The molecule has 1 aromatic carbocycles. The third kappa shape index (κ3) is 7.63. The van der Waals surface area contributed by atoms with E-state index in [0.29, 0.717) is 12.0 Å². The molecule has 2 N–H and O–H groups in total. The maximum Gasteiger partial charge on any atom is 0.253 e. The van der Waals surface area contributed by atoms with Crippen LogP contribution in [0.2, 0.25) is 0 Å². The van der Waals surface area contributed by atoms with Crippen LogP contribution in [0.15, 0.2) is 29.3 Å². The number of nitrogens with zero attached hydrogens (tertiary/aromatic N) is 2. The number of piperidine rings is 1. The van der Waals surface area contributed by atoms with Crippen molar-refractivity contribution >= 4 is 35.8 Å². The summed E-state index contributed by atoms with van der Waals surface area (Å²) in [4.78, 5) is 19.2. The van der Waals surface area contributed by atoms with Gasteiger partial charge in [-0.05, 0) is 61.6 Å². The van der Waals surface area contributed by atoms with Gasteiger partial charge in [0.1, 0.15) is 0 Å². The summed E-state index contributed by atoms with van der Waals surface area (Å²) in [6.45, 7) is 4.13. The van der Waals surface area contributed by atoms with Crippen molar-refractivity contribution in [1.29, 1.82) is 0 Å². The van der Waals surface area contributed by atoms with E-state index in [1.54, 1.807) is 7.11 Å². The molecule has 3 rings (SSSR count). The summed E-state index contributed by atoms with van der Waals surface area (Å²) in [5.74, 6) is 0.965. The Morgan fingerprint density at radius 1 is 1.13 bits per heavy atom. The lowest BCUT2D eigenvalue weighted by Gasteiger charge is -2.30. The molecule has 2 aliphatic rings. The molecule has 1 aliphatic carbocycles. The summed E-state index contributed by atoms with van der Waals surface area (Å²) in [5.41, 5.74) is 2.19. The number of ether oxygens (including phenoxy) is 1. The first-order valence-corrected chi connectivity index (χ1v) is 11.5. The number of nitrogens with one attached hydrogen (secondary N) is 2.